The third kappa shape index (κ3) is 3.12. The van der Waals surface area contributed by atoms with Crippen LogP contribution >= 0.6 is 0 Å². The first-order valence-corrected chi connectivity index (χ1v) is 6.04. The Balaban J connectivity index is 1.88. The second kappa shape index (κ2) is 5.57. The van der Waals surface area contributed by atoms with Crippen LogP contribution in [-0.2, 0) is 11.2 Å². The molecule has 2 N–H and O–H groups in total. The van der Waals surface area contributed by atoms with Crippen molar-refractivity contribution in [2.45, 2.75) is 25.8 Å². The summed E-state index contributed by atoms with van der Waals surface area (Å²) in [7, 11) is 0. The van der Waals surface area contributed by atoms with Gasteiger partial charge in [0, 0.05) is 12.2 Å². The molecule has 1 aliphatic heterocycles. The van der Waals surface area contributed by atoms with Gasteiger partial charge in [-0.2, -0.15) is 0 Å². The zero-order chi connectivity index (χ0) is 12.1. The van der Waals surface area contributed by atoms with E-state index in [9.17, 15) is 4.79 Å². The molecule has 1 aromatic rings. The van der Waals surface area contributed by atoms with Crippen LogP contribution in [0.2, 0.25) is 0 Å². The predicted molar refractivity (Wildman–Crippen MR) is 67.2 cm³/mol. The van der Waals surface area contributed by atoms with Gasteiger partial charge < -0.3 is 15.4 Å². The molecular weight excluding hydrogens is 216 g/mol. The maximum absolute atomic E-state index is 11.4. The Kier molecular flexibility index (Phi) is 3.85. The Morgan fingerprint density at radius 1 is 1.53 bits per heavy atom. The van der Waals surface area contributed by atoms with Gasteiger partial charge in [-0.25, -0.2) is 4.79 Å². The molecule has 17 heavy (non-hydrogen) atoms. The van der Waals surface area contributed by atoms with E-state index in [4.69, 9.17) is 4.74 Å². The van der Waals surface area contributed by atoms with E-state index >= 15 is 0 Å². The number of rotatable bonds is 3. The molecule has 1 amide bonds. The first kappa shape index (κ1) is 11.8. The van der Waals surface area contributed by atoms with Crippen molar-refractivity contribution in [2.75, 3.05) is 18.5 Å². The van der Waals surface area contributed by atoms with Gasteiger partial charge in [0.25, 0.3) is 0 Å². The fraction of sp³-hybridized carbons (Fsp3) is 0.462. The molecule has 1 heterocycles. The van der Waals surface area contributed by atoms with Crippen molar-refractivity contribution in [3.05, 3.63) is 29.8 Å². The number of para-hydroxylation sites is 1. The minimum Gasteiger partial charge on any atom is -0.450 e. The molecule has 4 heteroatoms. The molecule has 92 valence electrons. The molecule has 4 nitrogen and oxygen atoms in total. The highest BCUT2D eigenvalue weighted by atomic mass is 16.5. The number of hydrogen-bond donors (Lipinski definition) is 2. The molecule has 1 atom stereocenters. The number of amides is 1. The summed E-state index contributed by atoms with van der Waals surface area (Å²) in [6.45, 7) is 3.20. The van der Waals surface area contributed by atoms with Crippen molar-refractivity contribution < 1.29 is 9.53 Å². The number of carbonyl (C=O) groups excluding carboxylic acids is 1. The Bertz CT molecular complexity index is 393. The molecule has 0 bridgehead atoms. The minimum atomic E-state index is -0.321. The molecule has 2 rings (SSSR count). The van der Waals surface area contributed by atoms with Crippen molar-refractivity contribution in [3.8, 4) is 0 Å². The number of benzene rings is 1. The molecule has 0 aliphatic carbocycles. The van der Waals surface area contributed by atoms with Crippen LogP contribution in [-0.4, -0.2) is 25.3 Å². The highest BCUT2D eigenvalue weighted by molar-refractivity contribution is 5.68. The number of anilines is 1. The van der Waals surface area contributed by atoms with Crippen LogP contribution in [0, 0.1) is 0 Å². The molecule has 0 saturated heterocycles. The van der Waals surface area contributed by atoms with Gasteiger partial charge in [-0.3, -0.25) is 0 Å². The molecule has 0 aromatic heterocycles. The molecule has 0 fully saturated rings. The monoisotopic (exact) mass is 234 g/mol. The molecule has 0 saturated carbocycles. The Morgan fingerprint density at radius 3 is 3.18 bits per heavy atom. The van der Waals surface area contributed by atoms with Gasteiger partial charge in [0.15, 0.2) is 0 Å². The summed E-state index contributed by atoms with van der Waals surface area (Å²) < 4.78 is 5.00. The predicted octanol–water partition coefficient (Wildman–Crippen LogP) is 2.16. The Morgan fingerprint density at radius 2 is 2.35 bits per heavy atom. The van der Waals surface area contributed by atoms with Gasteiger partial charge in [-0.15, -0.1) is 0 Å². The zero-order valence-corrected chi connectivity index (χ0v) is 10.0. The van der Waals surface area contributed by atoms with Crippen LogP contribution in [0.3, 0.4) is 0 Å². The number of nitrogens with one attached hydrogen (secondary N) is 2. The van der Waals surface area contributed by atoms with E-state index in [2.05, 4.69) is 22.8 Å². The van der Waals surface area contributed by atoms with Crippen molar-refractivity contribution in [1.82, 2.24) is 5.32 Å². The fourth-order valence-corrected chi connectivity index (χ4v) is 1.95. The molecule has 1 aliphatic rings. The van der Waals surface area contributed by atoms with Gasteiger partial charge in [-0.05, 0) is 24.5 Å². The summed E-state index contributed by atoms with van der Waals surface area (Å²) in [5, 5.41) is 6.17. The normalized spacial score (nSPS) is 17.8. The van der Waals surface area contributed by atoms with Crippen LogP contribution in [0.15, 0.2) is 24.3 Å². The number of carbonyl (C=O) groups is 1. The molecular formula is C13H18N2O2. The number of fused-ring (bicyclic) bond motifs is 1. The Labute approximate surface area is 101 Å². The summed E-state index contributed by atoms with van der Waals surface area (Å²) >= 11 is 0. The van der Waals surface area contributed by atoms with E-state index in [0.717, 1.165) is 25.1 Å². The highest BCUT2D eigenvalue weighted by Gasteiger charge is 2.19. The van der Waals surface area contributed by atoms with Crippen LogP contribution < -0.4 is 10.6 Å². The third-order valence-electron chi connectivity index (χ3n) is 2.78. The van der Waals surface area contributed by atoms with Crippen molar-refractivity contribution in [3.63, 3.8) is 0 Å². The summed E-state index contributed by atoms with van der Waals surface area (Å²) in [5.74, 6) is 0. The van der Waals surface area contributed by atoms with Crippen LogP contribution in [0.5, 0.6) is 0 Å². The quantitative estimate of drug-likeness (QED) is 0.842. The lowest BCUT2D eigenvalue weighted by Crippen LogP contribution is -2.43. The van der Waals surface area contributed by atoms with E-state index < -0.39 is 0 Å². The number of hydrogen-bond acceptors (Lipinski definition) is 3. The van der Waals surface area contributed by atoms with Gasteiger partial charge >= 0.3 is 6.09 Å². The average Bonchev–Trinajstić information content (AvgIpc) is 2.36. The standard InChI is InChI=1S/C13H18N2O2/c1-2-7-17-13(16)15-11-8-10-5-3-4-6-12(10)14-9-11/h3-6,11,14H,2,7-9H2,1H3,(H,15,16)/t11-/m0/s1. The SMILES string of the molecule is CCCOC(=O)N[C@@H]1CNc2ccccc2C1. The van der Waals surface area contributed by atoms with E-state index in [1.165, 1.54) is 5.56 Å². The summed E-state index contributed by atoms with van der Waals surface area (Å²) in [5.41, 5.74) is 2.40. The lowest BCUT2D eigenvalue weighted by molar-refractivity contribution is 0.142. The van der Waals surface area contributed by atoms with Gasteiger partial charge in [-0.1, -0.05) is 25.1 Å². The lowest BCUT2D eigenvalue weighted by atomic mass is 10.00. The molecule has 0 spiro atoms. The first-order chi connectivity index (χ1) is 8.29. The summed E-state index contributed by atoms with van der Waals surface area (Å²) in [6.07, 6.45) is 1.38. The lowest BCUT2D eigenvalue weighted by Gasteiger charge is -2.26. The van der Waals surface area contributed by atoms with E-state index in [0.29, 0.717) is 6.61 Å². The molecule has 0 radical (unpaired) electrons. The topological polar surface area (TPSA) is 50.4 Å². The number of ether oxygens (including phenoxy) is 1. The largest absolute Gasteiger partial charge is 0.450 e. The smallest absolute Gasteiger partial charge is 0.407 e. The first-order valence-electron chi connectivity index (χ1n) is 6.04. The Hall–Kier alpha value is -1.71. The summed E-state index contributed by atoms with van der Waals surface area (Å²) in [6, 6.07) is 8.26. The second-order valence-electron chi connectivity index (χ2n) is 4.22. The maximum Gasteiger partial charge on any atom is 0.407 e. The van der Waals surface area contributed by atoms with Crippen molar-refractivity contribution >= 4 is 11.8 Å². The van der Waals surface area contributed by atoms with Crippen molar-refractivity contribution in [1.29, 1.82) is 0 Å². The van der Waals surface area contributed by atoms with Crippen LogP contribution in [0.25, 0.3) is 0 Å². The van der Waals surface area contributed by atoms with Gasteiger partial charge in [0.1, 0.15) is 0 Å². The highest BCUT2D eigenvalue weighted by Crippen LogP contribution is 2.20. The molecule has 0 unspecified atom stereocenters. The van der Waals surface area contributed by atoms with Gasteiger partial charge in [0.2, 0.25) is 0 Å². The van der Waals surface area contributed by atoms with Gasteiger partial charge in [0.05, 0.1) is 12.6 Å². The fourth-order valence-electron chi connectivity index (χ4n) is 1.95. The minimum absolute atomic E-state index is 0.106. The number of alkyl carbamates (subject to hydrolysis) is 1. The van der Waals surface area contributed by atoms with Crippen molar-refractivity contribution in [2.24, 2.45) is 0 Å². The van der Waals surface area contributed by atoms with E-state index in [1.807, 2.05) is 19.1 Å². The second-order valence-corrected chi connectivity index (χ2v) is 4.22. The third-order valence-corrected chi connectivity index (χ3v) is 2.78. The van der Waals surface area contributed by atoms with E-state index in [-0.39, 0.29) is 12.1 Å². The summed E-state index contributed by atoms with van der Waals surface area (Å²) in [4.78, 5) is 11.4. The van der Waals surface area contributed by atoms with Crippen LogP contribution in [0.1, 0.15) is 18.9 Å². The van der Waals surface area contributed by atoms with Crippen LogP contribution in [0.4, 0.5) is 10.5 Å². The molecule has 1 aromatic carbocycles. The van der Waals surface area contributed by atoms with E-state index in [1.54, 1.807) is 0 Å². The maximum atomic E-state index is 11.4. The zero-order valence-electron chi connectivity index (χ0n) is 10.0. The average molecular weight is 234 g/mol.